The number of rotatable bonds is 3. The van der Waals surface area contributed by atoms with Crippen LogP contribution in [0.15, 0.2) is 12.2 Å². The first-order valence-corrected chi connectivity index (χ1v) is 3.03. The summed E-state index contributed by atoms with van der Waals surface area (Å²) in [6.07, 6.45) is 4.71. The zero-order valence-corrected chi connectivity index (χ0v) is 5.98. The van der Waals surface area contributed by atoms with Crippen molar-refractivity contribution in [3.8, 4) is 0 Å². The van der Waals surface area contributed by atoms with Gasteiger partial charge in [-0.25, -0.2) is 0 Å². The highest BCUT2D eigenvalue weighted by Gasteiger charge is 1.94. The van der Waals surface area contributed by atoms with Gasteiger partial charge in [0.2, 0.25) is 0 Å². The first-order valence-electron chi connectivity index (χ1n) is 2.59. The number of alkyl halides is 1. The van der Waals surface area contributed by atoms with E-state index in [-0.39, 0.29) is 5.56 Å². The summed E-state index contributed by atoms with van der Waals surface area (Å²) in [7, 11) is 1.60. The summed E-state index contributed by atoms with van der Waals surface area (Å²) in [5.74, 6) is 0. The van der Waals surface area contributed by atoms with E-state index in [0.29, 0.717) is 0 Å². The first-order chi connectivity index (χ1) is 3.81. The van der Waals surface area contributed by atoms with Gasteiger partial charge >= 0.3 is 0 Å². The summed E-state index contributed by atoms with van der Waals surface area (Å²) in [5.41, 5.74) is -0.161. The summed E-state index contributed by atoms with van der Waals surface area (Å²) < 4.78 is 4.77. The highest BCUT2D eigenvalue weighted by molar-refractivity contribution is 6.19. The van der Waals surface area contributed by atoms with E-state index < -0.39 is 0 Å². The van der Waals surface area contributed by atoms with Gasteiger partial charge in [0.05, 0.1) is 0 Å². The predicted octanol–water partition coefficient (Wildman–Crippen LogP) is 2.16. The Morgan fingerprint density at radius 3 is 2.75 bits per heavy atom. The van der Waals surface area contributed by atoms with Crippen LogP contribution in [0.25, 0.3) is 0 Å². The third-order valence-corrected chi connectivity index (χ3v) is 1.17. The van der Waals surface area contributed by atoms with E-state index in [1.165, 1.54) is 0 Å². The maximum atomic E-state index is 5.57. The van der Waals surface area contributed by atoms with Gasteiger partial charge in [-0.2, -0.15) is 0 Å². The molecule has 0 N–H and O–H groups in total. The van der Waals surface area contributed by atoms with Crippen LogP contribution in [0, 0.1) is 0 Å². The molecule has 0 saturated heterocycles. The fraction of sp³-hybridized carbons (Fsp3) is 0.667. The van der Waals surface area contributed by atoms with Crippen molar-refractivity contribution in [3.63, 3.8) is 0 Å². The molecule has 0 bridgehead atoms. The summed E-state index contributed by atoms with van der Waals surface area (Å²) in [4.78, 5) is 0. The van der Waals surface area contributed by atoms with Crippen LogP contribution < -0.4 is 0 Å². The molecule has 0 aliphatic rings. The molecule has 1 unspecified atom stereocenters. The number of ether oxygens (including phenoxy) is 1. The summed E-state index contributed by atoms with van der Waals surface area (Å²) >= 11 is 5.57. The predicted molar refractivity (Wildman–Crippen MR) is 36.1 cm³/mol. The van der Waals surface area contributed by atoms with Crippen molar-refractivity contribution in [2.45, 2.75) is 18.9 Å². The van der Waals surface area contributed by atoms with Gasteiger partial charge in [0, 0.05) is 13.5 Å². The Bertz CT molecular complexity index is 70.9. The largest absolute Gasteiger partial charge is 0.365 e. The minimum absolute atomic E-state index is 0.161. The molecule has 0 heterocycles. The third-order valence-electron chi connectivity index (χ3n) is 0.813. The molecule has 0 saturated carbocycles. The Morgan fingerprint density at radius 1 is 1.75 bits per heavy atom. The van der Waals surface area contributed by atoms with E-state index in [1.54, 1.807) is 7.11 Å². The topological polar surface area (TPSA) is 9.23 Å². The molecule has 0 aliphatic heterocycles. The molecule has 0 fully saturated rings. The Balaban J connectivity index is 3.10. The monoisotopic (exact) mass is 134 g/mol. The molecule has 0 radical (unpaired) electrons. The van der Waals surface area contributed by atoms with Crippen LogP contribution in [0.1, 0.15) is 13.3 Å². The third kappa shape index (κ3) is 4.16. The van der Waals surface area contributed by atoms with Crippen molar-refractivity contribution in [3.05, 3.63) is 12.2 Å². The van der Waals surface area contributed by atoms with E-state index in [9.17, 15) is 0 Å². The van der Waals surface area contributed by atoms with E-state index in [0.717, 1.165) is 6.42 Å². The fourth-order valence-corrected chi connectivity index (χ4v) is 0.442. The average Bonchev–Trinajstić information content (AvgIpc) is 1.83. The standard InChI is InChI=1S/C6H11ClO/c1-3-4-5-6(7)8-2/h3-4,6H,5H2,1-2H3. The van der Waals surface area contributed by atoms with Crippen LogP contribution in [0.3, 0.4) is 0 Å². The molecule has 8 heavy (non-hydrogen) atoms. The second-order valence-corrected chi connectivity index (χ2v) is 1.94. The van der Waals surface area contributed by atoms with Crippen molar-refractivity contribution in [2.75, 3.05) is 7.11 Å². The summed E-state index contributed by atoms with van der Waals surface area (Å²) in [6.45, 7) is 1.96. The van der Waals surface area contributed by atoms with Crippen LogP contribution in [0.5, 0.6) is 0 Å². The molecular weight excluding hydrogens is 124 g/mol. The van der Waals surface area contributed by atoms with Crippen LogP contribution in [-0.2, 0) is 4.74 Å². The van der Waals surface area contributed by atoms with Gasteiger partial charge in [-0.1, -0.05) is 23.8 Å². The zero-order chi connectivity index (χ0) is 6.41. The normalized spacial score (nSPS) is 14.9. The highest BCUT2D eigenvalue weighted by Crippen LogP contribution is 2.01. The van der Waals surface area contributed by atoms with E-state index in [1.807, 2.05) is 19.1 Å². The molecule has 2 heteroatoms. The lowest BCUT2D eigenvalue weighted by molar-refractivity contribution is 0.170. The van der Waals surface area contributed by atoms with E-state index in [2.05, 4.69) is 0 Å². The average molecular weight is 135 g/mol. The van der Waals surface area contributed by atoms with E-state index in [4.69, 9.17) is 16.3 Å². The van der Waals surface area contributed by atoms with Gasteiger partial charge in [-0.05, 0) is 6.92 Å². The number of allylic oxidation sites excluding steroid dienone is 1. The van der Waals surface area contributed by atoms with Gasteiger partial charge in [0.25, 0.3) is 0 Å². The number of methoxy groups -OCH3 is 1. The van der Waals surface area contributed by atoms with Crippen molar-refractivity contribution in [1.29, 1.82) is 0 Å². The molecule has 0 spiro atoms. The van der Waals surface area contributed by atoms with Crippen LogP contribution >= 0.6 is 11.6 Å². The molecule has 0 aliphatic carbocycles. The molecule has 0 aromatic carbocycles. The number of hydrogen-bond acceptors (Lipinski definition) is 1. The molecule has 0 aromatic heterocycles. The second kappa shape index (κ2) is 5.13. The van der Waals surface area contributed by atoms with Gasteiger partial charge in [0.1, 0.15) is 5.56 Å². The minimum Gasteiger partial charge on any atom is -0.365 e. The Morgan fingerprint density at radius 2 is 2.38 bits per heavy atom. The lowest BCUT2D eigenvalue weighted by atomic mass is 10.4. The molecule has 1 atom stereocenters. The van der Waals surface area contributed by atoms with Gasteiger partial charge in [-0.15, -0.1) is 0 Å². The first kappa shape index (κ1) is 7.99. The molecule has 0 amide bonds. The van der Waals surface area contributed by atoms with Crippen LogP contribution in [0.2, 0.25) is 0 Å². The molecule has 48 valence electrons. The van der Waals surface area contributed by atoms with Crippen LogP contribution in [-0.4, -0.2) is 12.7 Å². The molecule has 0 rings (SSSR count). The Labute approximate surface area is 55.3 Å². The molecule has 1 nitrogen and oxygen atoms in total. The van der Waals surface area contributed by atoms with Crippen molar-refractivity contribution >= 4 is 11.6 Å². The quantitative estimate of drug-likeness (QED) is 0.425. The fourth-order valence-electron chi connectivity index (χ4n) is 0.339. The SMILES string of the molecule is CC=CCC(Cl)OC. The minimum atomic E-state index is -0.161. The Hall–Kier alpha value is -0.0100. The lowest BCUT2D eigenvalue weighted by Crippen LogP contribution is -1.97. The van der Waals surface area contributed by atoms with Crippen molar-refractivity contribution in [1.82, 2.24) is 0 Å². The number of hydrogen-bond donors (Lipinski definition) is 0. The van der Waals surface area contributed by atoms with E-state index >= 15 is 0 Å². The molecular formula is C6H11ClO. The van der Waals surface area contributed by atoms with Crippen molar-refractivity contribution < 1.29 is 4.74 Å². The van der Waals surface area contributed by atoms with Crippen molar-refractivity contribution in [2.24, 2.45) is 0 Å². The Kier molecular flexibility index (Phi) is 5.13. The number of halogens is 1. The zero-order valence-electron chi connectivity index (χ0n) is 5.23. The highest BCUT2D eigenvalue weighted by atomic mass is 35.5. The maximum absolute atomic E-state index is 5.57. The molecule has 0 aromatic rings. The van der Waals surface area contributed by atoms with Gasteiger partial charge in [0.15, 0.2) is 0 Å². The smallest absolute Gasteiger partial charge is 0.134 e. The lowest BCUT2D eigenvalue weighted by Gasteiger charge is -2.00. The van der Waals surface area contributed by atoms with Gasteiger partial charge < -0.3 is 4.74 Å². The second-order valence-electron chi connectivity index (χ2n) is 1.45. The van der Waals surface area contributed by atoms with Crippen LogP contribution in [0.4, 0.5) is 0 Å². The maximum Gasteiger partial charge on any atom is 0.134 e. The van der Waals surface area contributed by atoms with Gasteiger partial charge in [-0.3, -0.25) is 0 Å². The summed E-state index contributed by atoms with van der Waals surface area (Å²) in [6, 6.07) is 0. The summed E-state index contributed by atoms with van der Waals surface area (Å²) in [5, 5.41) is 0.